The Morgan fingerprint density at radius 3 is 2.68 bits per heavy atom. The number of ether oxygens (including phenoxy) is 1. The first-order valence-corrected chi connectivity index (χ1v) is 10.9. The van der Waals surface area contributed by atoms with E-state index in [9.17, 15) is 0 Å². The molecule has 0 N–H and O–H groups in total. The second kappa shape index (κ2) is 9.03. The van der Waals surface area contributed by atoms with E-state index in [1.165, 1.54) is 15.6 Å². The first kappa shape index (κ1) is 18.0. The van der Waals surface area contributed by atoms with Gasteiger partial charge in [0, 0.05) is 0 Å². The summed E-state index contributed by atoms with van der Waals surface area (Å²) in [6.07, 6.45) is 5.56. The van der Waals surface area contributed by atoms with Crippen molar-refractivity contribution in [3.63, 3.8) is 0 Å². The van der Waals surface area contributed by atoms with Gasteiger partial charge >= 0.3 is 157 Å². The van der Waals surface area contributed by atoms with Gasteiger partial charge in [0.25, 0.3) is 0 Å². The monoisotopic (exact) mass is 399 g/mol. The number of allylic oxidation sites excluding steroid dienone is 1. The van der Waals surface area contributed by atoms with Crippen molar-refractivity contribution < 1.29 is 4.74 Å². The van der Waals surface area contributed by atoms with Crippen LogP contribution in [0.1, 0.15) is 31.4 Å². The predicted octanol–water partition coefficient (Wildman–Crippen LogP) is 4.34. The van der Waals surface area contributed by atoms with Crippen molar-refractivity contribution in [3.8, 4) is 0 Å². The van der Waals surface area contributed by atoms with Crippen LogP contribution in [0.4, 0.5) is 0 Å². The molecular formula is C22H25NOSe. The summed E-state index contributed by atoms with van der Waals surface area (Å²) in [5.74, 6) is 1.49. The van der Waals surface area contributed by atoms with E-state index in [2.05, 4.69) is 74.5 Å². The van der Waals surface area contributed by atoms with Gasteiger partial charge in [0.15, 0.2) is 0 Å². The molecule has 1 atom stereocenters. The van der Waals surface area contributed by atoms with Gasteiger partial charge in [-0.2, -0.15) is 0 Å². The number of benzene rings is 2. The van der Waals surface area contributed by atoms with Crippen molar-refractivity contribution in [2.45, 2.75) is 31.6 Å². The van der Waals surface area contributed by atoms with Gasteiger partial charge in [-0.25, -0.2) is 0 Å². The molecule has 0 saturated carbocycles. The molecule has 130 valence electrons. The van der Waals surface area contributed by atoms with E-state index in [0.717, 1.165) is 24.2 Å². The number of hydrogen-bond acceptors (Lipinski definition) is 2. The standard InChI is InChI=1S/C22H25NOSe/c1-17(2)15-19-16-24-22(23-19)20-12-6-7-13-21(20)25-14-8-11-18-9-4-3-5-10-18/h3-13,17,19H,14-16H2,1-2H3/b11-8+/t19-/m1/s1. The van der Waals surface area contributed by atoms with Gasteiger partial charge < -0.3 is 0 Å². The van der Waals surface area contributed by atoms with Crippen molar-refractivity contribution in [3.05, 3.63) is 71.8 Å². The second-order valence-electron chi connectivity index (χ2n) is 6.65. The normalized spacial score (nSPS) is 17.1. The minimum atomic E-state index is 0.313. The molecular weight excluding hydrogens is 373 g/mol. The Hall–Kier alpha value is -1.83. The molecule has 1 heterocycles. The van der Waals surface area contributed by atoms with Crippen molar-refractivity contribution in [2.24, 2.45) is 10.9 Å². The third-order valence-electron chi connectivity index (χ3n) is 4.02. The zero-order valence-corrected chi connectivity index (χ0v) is 16.6. The van der Waals surface area contributed by atoms with Crippen LogP contribution in [0, 0.1) is 5.92 Å². The Labute approximate surface area is 157 Å². The molecule has 3 heteroatoms. The Morgan fingerprint density at radius 2 is 1.88 bits per heavy atom. The molecule has 0 aliphatic carbocycles. The summed E-state index contributed by atoms with van der Waals surface area (Å²) in [6, 6.07) is 19.3. The quantitative estimate of drug-likeness (QED) is 0.636. The summed E-state index contributed by atoms with van der Waals surface area (Å²) in [7, 11) is 0. The van der Waals surface area contributed by atoms with Crippen LogP contribution in [0.25, 0.3) is 6.08 Å². The van der Waals surface area contributed by atoms with E-state index in [1.807, 2.05) is 6.07 Å². The first-order valence-electron chi connectivity index (χ1n) is 8.87. The summed E-state index contributed by atoms with van der Waals surface area (Å²) >= 11 is 0.379. The zero-order valence-electron chi connectivity index (χ0n) is 14.9. The number of nitrogens with zero attached hydrogens (tertiary/aromatic N) is 1. The van der Waals surface area contributed by atoms with Crippen molar-refractivity contribution in [1.82, 2.24) is 0 Å². The summed E-state index contributed by atoms with van der Waals surface area (Å²) in [5, 5.41) is 1.07. The molecule has 0 amide bonds. The molecule has 2 aromatic carbocycles. The van der Waals surface area contributed by atoms with Crippen molar-refractivity contribution in [2.75, 3.05) is 6.61 Å². The van der Waals surface area contributed by atoms with E-state index in [4.69, 9.17) is 9.73 Å². The fourth-order valence-electron chi connectivity index (χ4n) is 2.88. The van der Waals surface area contributed by atoms with Crippen LogP contribution in [0.5, 0.6) is 0 Å². The van der Waals surface area contributed by atoms with Crippen molar-refractivity contribution in [1.29, 1.82) is 0 Å². The van der Waals surface area contributed by atoms with Gasteiger partial charge in [0.1, 0.15) is 0 Å². The first-order chi connectivity index (χ1) is 12.2. The number of aliphatic imine (C=N–C) groups is 1. The Morgan fingerprint density at radius 1 is 1.12 bits per heavy atom. The second-order valence-corrected chi connectivity index (χ2v) is 8.88. The van der Waals surface area contributed by atoms with Gasteiger partial charge in [0.05, 0.1) is 0 Å². The average molecular weight is 398 g/mol. The molecule has 3 rings (SSSR count). The number of rotatable bonds is 7. The molecule has 0 saturated heterocycles. The van der Waals surface area contributed by atoms with Crippen LogP contribution in [-0.4, -0.2) is 33.5 Å². The molecule has 0 fully saturated rings. The van der Waals surface area contributed by atoms with Crippen LogP contribution >= 0.6 is 0 Å². The molecule has 2 aromatic rings. The fourth-order valence-corrected chi connectivity index (χ4v) is 4.68. The summed E-state index contributed by atoms with van der Waals surface area (Å²) in [5.41, 5.74) is 2.44. The molecule has 25 heavy (non-hydrogen) atoms. The zero-order chi connectivity index (χ0) is 17.5. The maximum atomic E-state index is 5.91. The van der Waals surface area contributed by atoms with Gasteiger partial charge in [-0.05, 0) is 0 Å². The van der Waals surface area contributed by atoms with Gasteiger partial charge in [0.2, 0.25) is 0 Å². The molecule has 0 spiro atoms. The van der Waals surface area contributed by atoms with Crippen LogP contribution < -0.4 is 4.46 Å². The molecule has 1 aliphatic rings. The Bertz CT molecular complexity index is 737. The third kappa shape index (κ3) is 5.32. The van der Waals surface area contributed by atoms with Gasteiger partial charge in [-0.15, -0.1) is 0 Å². The van der Waals surface area contributed by atoms with Crippen molar-refractivity contribution >= 4 is 31.4 Å². The fraction of sp³-hybridized carbons (Fsp3) is 0.318. The van der Waals surface area contributed by atoms with Gasteiger partial charge in [-0.1, -0.05) is 0 Å². The molecule has 1 aliphatic heterocycles. The Balaban J connectivity index is 1.64. The third-order valence-corrected chi connectivity index (χ3v) is 6.17. The molecule has 0 aromatic heterocycles. The Kier molecular flexibility index (Phi) is 6.49. The van der Waals surface area contributed by atoms with Crippen LogP contribution in [-0.2, 0) is 4.74 Å². The van der Waals surface area contributed by atoms with E-state index >= 15 is 0 Å². The van der Waals surface area contributed by atoms with Crippen LogP contribution in [0.2, 0.25) is 5.32 Å². The number of hydrogen-bond donors (Lipinski definition) is 0. The van der Waals surface area contributed by atoms with Crippen LogP contribution in [0.15, 0.2) is 65.7 Å². The van der Waals surface area contributed by atoms with Crippen LogP contribution in [0.3, 0.4) is 0 Å². The minimum absolute atomic E-state index is 0.313. The summed E-state index contributed by atoms with van der Waals surface area (Å²) in [6.45, 7) is 5.20. The SMILES string of the molecule is CC(C)C[C@@H]1COC(c2ccccc2[Se]C/C=C/c2ccccc2)=N1. The maximum absolute atomic E-state index is 5.91. The summed E-state index contributed by atoms with van der Waals surface area (Å²) < 4.78 is 7.28. The van der Waals surface area contributed by atoms with E-state index in [1.54, 1.807) is 0 Å². The van der Waals surface area contributed by atoms with E-state index in [0.29, 0.717) is 26.9 Å². The predicted molar refractivity (Wildman–Crippen MR) is 108 cm³/mol. The average Bonchev–Trinajstić information content (AvgIpc) is 3.07. The van der Waals surface area contributed by atoms with E-state index in [-0.39, 0.29) is 0 Å². The van der Waals surface area contributed by atoms with Gasteiger partial charge in [-0.3, -0.25) is 0 Å². The van der Waals surface area contributed by atoms with E-state index < -0.39 is 0 Å². The topological polar surface area (TPSA) is 21.6 Å². The molecule has 0 bridgehead atoms. The summed E-state index contributed by atoms with van der Waals surface area (Å²) in [4.78, 5) is 4.82. The molecule has 2 nitrogen and oxygen atoms in total. The molecule has 0 unspecified atom stereocenters. The molecule has 0 radical (unpaired) electrons.